The van der Waals surface area contributed by atoms with Crippen molar-refractivity contribution in [2.75, 3.05) is 13.1 Å². The Hall–Kier alpha value is -1.16. The highest BCUT2D eigenvalue weighted by Gasteiger charge is 2.33. The molecular weight excluding hydrogens is 375 g/mol. The standard InChI is InChI=1S/C16H20F3NO3S2/c1-4-7-20(9-10(2)21)25(22,23)15-11(3)13-8-12(16(17,18)19)5-6-14(13)24-15/h5-6,8,10,21H,4,7,9H2,1-3H3/t10-/m0/s1. The maximum absolute atomic E-state index is 12.9. The topological polar surface area (TPSA) is 57.6 Å². The van der Waals surface area contributed by atoms with Crippen molar-refractivity contribution < 1.29 is 26.7 Å². The minimum atomic E-state index is -4.48. The Bertz CT molecular complexity index is 857. The first-order valence-electron chi connectivity index (χ1n) is 7.77. The van der Waals surface area contributed by atoms with E-state index in [1.807, 2.05) is 6.92 Å². The monoisotopic (exact) mass is 395 g/mol. The molecule has 0 saturated heterocycles. The second-order valence-corrected chi connectivity index (χ2v) is 9.12. The Morgan fingerprint density at radius 3 is 2.48 bits per heavy atom. The van der Waals surface area contributed by atoms with Gasteiger partial charge in [-0.25, -0.2) is 8.42 Å². The van der Waals surface area contributed by atoms with Crippen LogP contribution in [0.1, 0.15) is 31.4 Å². The van der Waals surface area contributed by atoms with E-state index >= 15 is 0 Å². The first-order chi connectivity index (χ1) is 11.5. The van der Waals surface area contributed by atoms with E-state index in [1.54, 1.807) is 0 Å². The number of aliphatic hydroxyl groups excluding tert-OH is 1. The maximum atomic E-state index is 12.9. The number of hydrogen-bond acceptors (Lipinski definition) is 4. The smallest absolute Gasteiger partial charge is 0.392 e. The molecule has 0 radical (unpaired) electrons. The van der Waals surface area contributed by atoms with Crippen LogP contribution >= 0.6 is 11.3 Å². The molecule has 1 N–H and O–H groups in total. The average Bonchev–Trinajstić information content (AvgIpc) is 2.83. The lowest BCUT2D eigenvalue weighted by molar-refractivity contribution is -0.137. The van der Waals surface area contributed by atoms with Crippen LogP contribution in [0.3, 0.4) is 0 Å². The molecule has 0 unspecified atom stereocenters. The molecular formula is C16H20F3NO3S2. The van der Waals surface area contributed by atoms with Crippen molar-refractivity contribution in [1.82, 2.24) is 4.31 Å². The summed E-state index contributed by atoms with van der Waals surface area (Å²) >= 11 is 0.953. The number of fused-ring (bicyclic) bond motifs is 1. The summed E-state index contributed by atoms with van der Waals surface area (Å²) in [5.74, 6) is 0. The van der Waals surface area contributed by atoms with Crippen LogP contribution in [0.4, 0.5) is 13.2 Å². The third-order valence-electron chi connectivity index (χ3n) is 3.73. The number of rotatable bonds is 6. The molecule has 2 aromatic rings. The fraction of sp³-hybridized carbons (Fsp3) is 0.500. The first kappa shape index (κ1) is 20.2. The Balaban J connectivity index is 2.57. The summed E-state index contributed by atoms with van der Waals surface area (Å²) in [6, 6.07) is 3.24. The number of hydrogen-bond donors (Lipinski definition) is 1. The molecule has 25 heavy (non-hydrogen) atoms. The van der Waals surface area contributed by atoms with Crippen molar-refractivity contribution >= 4 is 31.4 Å². The minimum absolute atomic E-state index is 0.0240. The minimum Gasteiger partial charge on any atom is -0.392 e. The van der Waals surface area contributed by atoms with Crippen molar-refractivity contribution in [3.05, 3.63) is 29.3 Å². The Kier molecular flexibility index (Phi) is 5.82. The Morgan fingerprint density at radius 2 is 1.96 bits per heavy atom. The van der Waals surface area contributed by atoms with Gasteiger partial charge in [0.2, 0.25) is 0 Å². The number of thiophene rings is 1. The van der Waals surface area contributed by atoms with E-state index in [4.69, 9.17) is 0 Å². The van der Waals surface area contributed by atoms with Crippen molar-refractivity contribution in [2.45, 2.75) is 43.7 Å². The van der Waals surface area contributed by atoms with Crippen LogP contribution in [-0.4, -0.2) is 37.0 Å². The van der Waals surface area contributed by atoms with Gasteiger partial charge in [0.1, 0.15) is 4.21 Å². The number of aryl methyl sites for hydroxylation is 1. The van der Waals surface area contributed by atoms with E-state index in [0.29, 0.717) is 16.7 Å². The van der Waals surface area contributed by atoms with Gasteiger partial charge in [-0.3, -0.25) is 0 Å². The first-order valence-corrected chi connectivity index (χ1v) is 10.0. The molecule has 0 bridgehead atoms. The summed E-state index contributed by atoms with van der Waals surface area (Å²) in [6.07, 6.45) is -4.76. The lowest BCUT2D eigenvalue weighted by Gasteiger charge is -2.22. The summed E-state index contributed by atoms with van der Waals surface area (Å²) in [6.45, 7) is 4.99. The number of benzene rings is 1. The highest BCUT2D eigenvalue weighted by atomic mass is 32.2. The molecule has 0 spiro atoms. The van der Waals surface area contributed by atoms with Crippen LogP contribution in [0.5, 0.6) is 0 Å². The summed E-state index contributed by atoms with van der Waals surface area (Å²) in [7, 11) is -3.89. The molecule has 9 heteroatoms. The van der Waals surface area contributed by atoms with Crippen LogP contribution in [0.25, 0.3) is 10.1 Å². The van der Waals surface area contributed by atoms with Crippen LogP contribution in [0.15, 0.2) is 22.4 Å². The summed E-state index contributed by atoms with van der Waals surface area (Å²) in [4.78, 5) is 0. The third kappa shape index (κ3) is 4.16. The average molecular weight is 395 g/mol. The molecule has 140 valence electrons. The van der Waals surface area contributed by atoms with Gasteiger partial charge in [0, 0.05) is 17.8 Å². The molecule has 1 aromatic carbocycles. The molecule has 0 fully saturated rings. The number of sulfonamides is 1. The largest absolute Gasteiger partial charge is 0.416 e. The van der Waals surface area contributed by atoms with Gasteiger partial charge in [0.25, 0.3) is 10.0 Å². The summed E-state index contributed by atoms with van der Waals surface area (Å²) in [5, 5.41) is 9.85. The highest BCUT2D eigenvalue weighted by Crippen LogP contribution is 2.39. The maximum Gasteiger partial charge on any atom is 0.416 e. The van der Waals surface area contributed by atoms with Gasteiger partial charge in [0.05, 0.1) is 11.7 Å². The second-order valence-electron chi connectivity index (χ2n) is 5.94. The van der Waals surface area contributed by atoms with E-state index in [1.165, 1.54) is 24.2 Å². The lowest BCUT2D eigenvalue weighted by Crippen LogP contribution is -2.37. The molecule has 0 saturated carbocycles. The Labute approximate surface area is 148 Å². The molecule has 0 aliphatic rings. The van der Waals surface area contributed by atoms with Crippen molar-refractivity contribution in [3.8, 4) is 0 Å². The van der Waals surface area contributed by atoms with E-state index < -0.39 is 27.9 Å². The van der Waals surface area contributed by atoms with Crippen LogP contribution in [-0.2, 0) is 16.2 Å². The lowest BCUT2D eigenvalue weighted by atomic mass is 10.1. The van der Waals surface area contributed by atoms with Gasteiger partial charge < -0.3 is 5.11 Å². The number of alkyl halides is 3. The summed E-state index contributed by atoms with van der Waals surface area (Å²) in [5.41, 5.74) is -0.503. The Morgan fingerprint density at radius 1 is 1.32 bits per heavy atom. The van der Waals surface area contributed by atoms with E-state index in [2.05, 4.69) is 0 Å². The molecule has 2 rings (SSSR count). The number of aliphatic hydroxyl groups is 1. The van der Waals surface area contributed by atoms with E-state index in [-0.39, 0.29) is 22.7 Å². The number of nitrogens with zero attached hydrogens (tertiary/aromatic N) is 1. The van der Waals surface area contributed by atoms with Gasteiger partial charge in [-0.05, 0) is 49.4 Å². The SMILES string of the molecule is CCCN(C[C@H](C)O)S(=O)(=O)c1sc2ccc(C(F)(F)F)cc2c1C. The third-order valence-corrected chi connectivity index (χ3v) is 7.47. The molecule has 1 aromatic heterocycles. The van der Waals surface area contributed by atoms with Crippen molar-refractivity contribution in [2.24, 2.45) is 0 Å². The molecule has 0 aliphatic carbocycles. The molecule has 0 amide bonds. The summed E-state index contributed by atoms with van der Waals surface area (Å²) < 4.78 is 66.3. The van der Waals surface area contributed by atoms with Crippen LogP contribution in [0.2, 0.25) is 0 Å². The zero-order valence-corrected chi connectivity index (χ0v) is 15.7. The molecule has 4 nitrogen and oxygen atoms in total. The zero-order valence-electron chi connectivity index (χ0n) is 14.1. The fourth-order valence-corrected chi connectivity index (χ4v) is 6.09. The molecule has 0 aliphatic heterocycles. The van der Waals surface area contributed by atoms with Gasteiger partial charge in [0.15, 0.2) is 0 Å². The second kappa shape index (κ2) is 7.22. The zero-order chi connectivity index (χ0) is 19.0. The molecule has 1 heterocycles. The highest BCUT2D eigenvalue weighted by molar-refractivity contribution is 7.91. The predicted molar refractivity (Wildman–Crippen MR) is 92.3 cm³/mol. The van der Waals surface area contributed by atoms with Gasteiger partial charge in [-0.2, -0.15) is 17.5 Å². The van der Waals surface area contributed by atoms with Crippen molar-refractivity contribution in [1.29, 1.82) is 0 Å². The quantitative estimate of drug-likeness (QED) is 0.804. The van der Waals surface area contributed by atoms with Crippen molar-refractivity contribution in [3.63, 3.8) is 0 Å². The van der Waals surface area contributed by atoms with Gasteiger partial charge >= 0.3 is 6.18 Å². The fourth-order valence-electron chi connectivity index (χ4n) is 2.59. The number of halogens is 3. The normalized spacial score (nSPS) is 14.4. The van der Waals surface area contributed by atoms with E-state index in [0.717, 1.165) is 23.5 Å². The molecule has 1 atom stereocenters. The van der Waals surface area contributed by atoms with Crippen LogP contribution in [0, 0.1) is 6.92 Å². The van der Waals surface area contributed by atoms with Crippen LogP contribution < -0.4 is 0 Å². The predicted octanol–water partition coefficient (Wildman–Crippen LogP) is 4.01. The van der Waals surface area contributed by atoms with Gasteiger partial charge in [-0.1, -0.05) is 6.92 Å². The van der Waals surface area contributed by atoms with Gasteiger partial charge in [-0.15, -0.1) is 11.3 Å². The van der Waals surface area contributed by atoms with E-state index in [9.17, 15) is 26.7 Å².